The standard InChI is InChI=1S/C19H23N5O/c1-23(19(25)18-12-15(13-20)14-22-18)17-6-10-24(11-7-17)9-5-16-4-2-3-8-21-16/h2-4,8,12,14,17,22H,5-7,9-11H2,1H3. The topological polar surface area (TPSA) is 76.0 Å². The van der Waals surface area contributed by atoms with Gasteiger partial charge in [-0.15, -0.1) is 0 Å². The van der Waals surface area contributed by atoms with Crippen molar-refractivity contribution in [3.8, 4) is 6.07 Å². The molecule has 1 aliphatic heterocycles. The molecule has 1 amide bonds. The molecular weight excluding hydrogens is 314 g/mol. The van der Waals surface area contributed by atoms with Crippen molar-refractivity contribution in [1.29, 1.82) is 5.26 Å². The van der Waals surface area contributed by atoms with Crippen LogP contribution in [0.2, 0.25) is 0 Å². The van der Waals surface area contributed by atoms with Crippen LogP contribution in [0.1, 0.15) is 34.6 Å². The molecule has 6 nitrogen and oxygen atoms in total. The second-order valence-electron chi connectivity index (χ2n) is 6.47. The van der Waals surface area contributed by atoms with Crippen LogP contribution in [-0.4, -0.2) is 58.4 Å². The van der Waals surface area contributed by atoms with Crippen molar-refractivity contribution in [3.63, 3.8) is 0 Å². The Morgan fingerprint density at radius 3 is 2.88 bits per heavy atom. The van der Waals surface area contributed by atoms with Gasteiger partial charge in [-0.3, -0.25) is 9.78 Å². The second-order valence-corrected chi connectivity index (χ2v) is 6.47. The van der Waals surface area contributed by atoms with E-state index in [0.717, 1.165) is 44.6 Å². The van der Waals surface area contributed by atoms with Crippen molar-refractivity contribution >= 4 is 5.91 Å². The maximum atomic E-state index is 12.5. The van der Waals surface area contributed by atoms with Gasteiger partial charge < -0.3 is 14.8 Å². The van der Waals surface area contributed by atoms with Gasteiger partial charge in [0.2, 0.25) is 0 Å². The summed E-state index contributed by atoms with van der Waals surface area (Å²) < 4.78 is 0. The van der Waals surface area contributed by atoms with Crippen LogP contribution >= 0.6 is 0 Å². The fourth-order valence-corrected chi connectivity index (χ4v) is 3.29. The summed E-state index contributed by atoms with van der Waals surface area (Å²) in [4.78, 5) is 24.0. The molecule has 0 radical (unpaired) electrons. The molecule has 3 heterocycles. The molecule has 1 aliphatic rings. The lowest BCUT2D eigenvalue weighted by Crippen LogP contribution is -2.46. The Morgan fingerprint density at radius 1 is 1.44 bits per heavy atom. The van der Waals surface area contributed by atoms with E-state index in [1.807, 2.05) is 36.3 Å². The van der Waals surface area contributed by atoms with Gasteiger partial charge in [0.15, 0.2) is 0 Å². The molecule has 1 fully saturated rings. The van der Waals surface area contributed by atoms with Crippen molar-refractivity contribution in [2.75, 3.05) is 26.7 Å². The minimum absolute atomic E-state index is 0.0477. The first-order valence-corrected chi connectivity index (χ1v) is 8.65. The molecule has 1 N–H and O–H groups in total. The monoisotopic (exact) mass is 337 g/mol. The average Bonchev–Trinajstić information content (AvgIpc) is 3.16. The lowest BCUT2D eigenvalue weighted by atomic mass is 10.0. The molecule has 0 aromatic carbocycles. The van der Waals surface area contributed by atoms with Crippen LogP contribution in [0.5, 0.6) is 0 Å². The van der Waals surface area contributed by atoms with E-state index in [1.54, 1.807) is 12.3 Å². The number of nitrogens with zero attached hydrogens (tertiary/aromatic N) is 4. The van der Waals surface area contributed by atoms with E-state index in [0.29, 0.717) is 11.3 Å². The number of rotatable bonds is 5. The number of nitrogens with one attached hydrogen (secondary N) is 1. The molecule has 6 heteroatoms. The van der Waals surface area contributed by atoms with E-state index in [9.17, 15) is 4.79 Å². The van der Waals surface area contributed by atoms with Crippen LogP contribution in [-0.2, 0) is 6.42 Å². The largest absolute Gasteiger partial charge is 0.356 e. The molecular formula is C19H23N5O. The molecule has 2 aromatic heterocycles. The first-order valence-electron chi connectivity index (χ1n) is 8.65. The lowest BCUT2D eigenvalue weighted by Gasteiger charge is -2.36. The fraction of sp³-hybridized carbons (Fsp3) is 0.421. The molecule has 1 saturated heterocycles. The fourth-order valence-electron chi connectivity index (χ4n) is 3.29. The third-order valence-electron chi connectivity index (χ3n) is 4.88. The number of piperidine rings is 1. The first kappa shape index (κ1) is 17.2. The smallest absolute Gasteiger partial charge is 0.270 e. The van der Waals surface area contributed by atoms with Crippen LogP contribution in [0.4, 0.5) is 0 Å². The van der Waals surface area contributed by atoms with Gasteiger partial charge in [-0.1, -0.05) is 6.07 Å². The summed E-state index contributed by atoms with van der Waals surface area (Å²) in [6, 6.07) is 9.91. The van der Waals surface area contributed by atoms with Crippen LogP contribution in [0.3, 0.4) is 0 Å². The zero-order valence-corrected chi connectivity index (χ0v) is 14.5. The highest BCUT2D eigenvalue weighted by Gasteiger charge is 2.26. The molecule has 0 bridgehead atoms. The van der Waals surface area contributed by atoms with Gasteiger partial charge in [0.1, 0.15) is 11.8 Å². The number of hydrogen-bond donors (Lipinski definition) is 1. The van der Waals surface area contributed by atoms with E-state index in [1.165, 1.54) is 0 Å². The minimum Gasteiger partial charge on any atom is -0.356 e. The van der Waals surface area contributed by atoms with Crippen molar-refractivity contribution < 1.29 is 4.79 Å². The number of aromatic nitrogens is 2. The molecule has 25 heavy (non-hydrogen) atoms. The number of carbonyl (C=O) groups is 1. The summed E-state index contributed by atoms with van der Waals surface area (Å²) in [5.41, 5.74) is 2.09. The number of nitriles is 1. The minimum atomic E-state index is -0.0477. The third kappa shape index (κ3) is 4.25. The van der Waals surface area contributed by atoms with Gasteiger partial charge in [-0.05, 0) is 31.0 Å². The Kier molecular flexibility index (Phi) is 5.46. The van der Waals surface area contributed by atoms with Gasteiger partial charge >= 0.3 is 0 Å². The number of likely N-dealkylation sites (tertiary alicyclic amines) is 1. The predicted molar refractivity (Wildman–Crippen MR) is 95.0 cm³/mol. The van der Waals surface area contributed by atoms with Gasteiger partial charge in [-0.2, -0.15) is 5.26 Å². The van der Waals surface area contributed by atoms with Gasteiger partial charge in [0.05, 0.1) is 5.56 Å². The van der Waals surface area contributed by atoms with E-state index < -0.39 is 0 Å². The summed E-state index contributed by atoms with van der Waals surface area (Å²) >= 11 is 0. The summed E-state index contributed by atoms with van der Waals surface area (Å²) in [5.74, 6) is -0.0477. The zero-order chi connectivity index (χ0) is 17.6. The highest BCUT2D eigenvalue weighted by molar-refractivity contribution is 5.92. The van der Waals surface area contributed by atoms with E-state index in [2.05, 4.69) is 20.9 Å². The maximum absolute atomic E-state index is 12.5. The van der Waals surface area contributed by atoms with E-state index in [4.69, 9.17) is 5.26 Å². The Labute approximate surface area is 148 Å². The first-order chi connectivity index (χ1) is 12.2. The number of aromatic amines is 1. The molecule has 0 atom stereocenters. The SMILES string of the molecule is CN(C(=O)c1cc(C#N)c[nH]1)C1CCN(CCc2ccccn2)CC1. The average molecular weight is 337 g/mol. The van der Waals surface area contributed by atoms with Crippen LogP contribution in [0, 0.1) is 11.3 Å². The number of amides is 1. The van der Waals surface area contributed by atoms with Crippen molar-refractivity contribution in [2.24, 2.45) is 0 Å². The lowest BCUT2D eigenvalue weighted by molar-refractivity contribution is 0.0638. The number of hydrogen-bond acceptors (Lipinski definition) is 4. The van der Waals surface area contributed by atoms with Gasteiger partial charge in [0, 0.05) is 57.2 Å². The number of H-pyrrole nitrogens is 1. The Balaban J connectivity index is 1.48. The highest BCUT2D eigenvalue weighted by atomic mass is 16.2. The van der Waals surface area contributed by atoms with Gasteiger partial charge in [0.25, 0.3) is 5.91 Å². The molecule has 0 spiro atoms. The zero-order valence-electron chi connectivity index (χ0n) is 14.5. The summed E-state index contributed by atoms with van der Waals surface area (Å²) in [6.45, 7) is 2.98. The Bertz CT molecular complexity index is 741. The molecule has 0 saturated carbocycles. The molecule has 130 valence electrons. The molecule has 0 unspecified atom stereocenters. The summed E-state index contributed by atoms with van der Waals surface area (Å²) in [7, 11) is 1.85. The molecule has 3 rings (SSSR count). The Morgan fingerprint density at radius 2 is 2.24 bits per heavy atom. The summed E-state index contributed by atoms with van der Waals surface area (Å²) in [5, 5.41) is 8.88. The van der Waals surface area contributed by atoms with Crippen molar-refractivity contribution in [1.82, 2.24) is 19.8 Å². The normalized spacial score (nSPS) is 15.7. The quantitative estimate of drug-likeness (QED) is 0.906. The predicted octanol–water partition coefficient (Wildman–Crippen LogP) is 2.06. The van der Waals surface area contributed by atoms with Crippen LogP contribution in [0.15, 0.2) is 36.7 Å². The number of carbonyl (C=O) groups excluding carboxylic acids is 1. The van der Waals surface area contributed by atoms with Gasteiger partial charge in [-0.25, -0.2) is 0 Å². The molecule has 0 aliphatic carbocycles. The van der Waals surface area contributed by atoms with Crippen LogP contribution in [0.25, 0.3) is 0 Å². The van der Waals surface area contributed by atoms with E-state index in [-0.39, 0.29) is 11.9 Å². The van der Waals surface area contributed by atoms with E-state index >= 15 is 0 Å². The molecule has 2 aromatic rings. The maximum Gasteiger partial charge on any atom is 0.270 e. The summed E-state index contributed by atoms with van der Waals surface area (Å²) in [6.07, 6.45) is 6.30. The van der Waals surface area contributed by atoms with Crippen LogP contribution < -0.4 is 0 Å². The highest BCUT2D eigenvalue weighted by Crippen LogP contribution is 2.18. The van der Waals surface area contributed by atoms with Crippen molar-refractivity contribution in [2.45, 2.75) is 25.3 Å². The third-order valence-corrected chi connectivity index (χ3v) is 4.88. The second kappa shape index (κ2) is 7.95. The Hall–Kier alpha value is -2.65. The van der Waals surface area contributed by atoms with Crippen molar-refractivity contribution in [3.05, 3.63) is 53.6 Å². The number of pyridine rings is 1.